The average molecular weight is 198 g/mol. The van der Waals surface area contributed by atoms with Gasteiger partial charge in [-0.15, -0.1) is 0 Å². The molecule has 0 aromatic heterocycles. The van der Waals surface area contributed by atoms with Crippen molar-refractivity contribution in [3.05, 3.63) is 0 Å². The molecule has 0 aromatic rings. The normalized spacial score (nSPS) is 33.2. The van der Waals surface area contributed by atoms with Crippen molar-refractivity contribution in [1.82, 2.24) is 10.2 Å². The van der Waals surface area contributed by atoms with E-state index >= 15 is 0 Å². The Morgan fingerprint density at radius 1 is 1.43 bits per heavy atom. The van der Waals surface area contributed by atoms with Crippen molar-refractivity contribution in [2.24, 2.45) is 0 Å². The smallest absolute Gasteiger partial charge is 0.0474 e. The van der Waals surface area contributed by atoms with Gasteiger partial charge >= 0.3 is 0 Å². The second-order valence-electron chi connectivity index (χ2n) is 4.44. The highest BCUT2D eigenvalue weighted by Gasteiger charge is 2.34. The highest BCUT2D eigenvalue weighted by molar-refractivity contribution is 4.93. The summed E-state index contributed by atoms with van der Waals surface area (Å²) >= 11 is 0. The zero-order valence-corrected chi connectivity index (χ0v) is 9.17. The van der Waals surface area contributed by atoms with E-state index in [9.17, 15) is 0 Å². The third-order valence-electron chi connectivity index (χ3n) is 3.55. The Kier molecular flexibility index (Phi) is 3.79. The molecule has 0 aromatic carbocycles. The van der Waals surface area contributed by atoms with Crippen LogP contribution in [0.1, 0.15) is 25.7 Å². The molecule has 3 nitrogen and oxygen atoms in total. The van der Waals surface area contributed by atoms with Crippen LogP contribution in [-0.2, 0) is 4.74 Å². The second kappa shape index (κ2) is 5.10. The van der Waals surface area contributed by atoms with Gasteiger partial charge in [0.1, 0.15) is 0 Å². The molecule has 1 saturated carbocycles. The van der Waals surface area contributed by atoms with E-state index in [1.165, 1.54) is 45.3 Å². The average Bonchev–Trinajstić information content (AvgIpc) is 2.67. The summed E-state index contributed by atoms with van der Waals surface area (Å²) in [5, 5.41) is 3.63. The molecule has 1 heterocycles. The van der Waals surface area contributed by atoms with Crippen LogP contribution in [0.2, 0.25) is 0 Å². The first-order valence-electron chi connectivity index (χ1n) is 5.88. The van der Waals surface area contributed by atoms with Crippen LogP contribution >= 0.6 is 0 Å². The summed E-state index contributed by atoms with van der Waals surface area (Å²) in [6.45, 7) is 4.52. The molecule has 1 aliphatic carbocycles. The molecule has 1 saturated heterocycles. The van der Waals surface area contributed by atoms with Crippen molar-refractivity contribution < 1.29 is 4.74 Å². The van der Waals surface area contributed by atoms with Gasteiger partial charge in [-0.3, -0.25) is 4.90 Å². The van der Waals surface area contributed by atoms with Crippen LogP contribution in [0.15, 0.2) is 0 Å². The first-order chi connectivity index (χ1) is 6.92. The second-order valence-corrected chi connectivity index (χ2v) is 4.44. The number of hydrogen-bond acceptors (Lipinski definition) is 3. The van der Waals surface area contributed by atoms with E-state index in [1.807, 2.05) is 0 Å². The van der Waals surface area contributed by atoms with Crippen molar-refractivity contribution in [3.63, 3.8) is 0 Å². The lowest BCUT2D eigenvalue weighted by molar-refractivity contribution is 0.115. The summed E-state index contributed by atoms with van der Waals surface area (Å²) in [5.41, 5.74) is 0. The minimum atomic E-state index is 0.784. The molecule has 2 rings (SSSR count). The predicted molar refractivity (Wildman–Crippen MR) is 57.5 cm³/mol. The fourth-order valence-corrected chi connectivity index (χ4v) is 2.86. The van der Waals surface area contributed by atoms with Gasteiger partial charge in [-0.2, -0.15) is 0 Å². The molecule has 0 radical (unpaired) electrons. The van der Waals surface area contributed by atoms with Crippen molar-refractivity contribution in [3.8, 4) is 0 Å². The van der Waals surface area contributed by atoms with Gasteiger partial charge in [0.15, 0.2) is 0 Å². The molecule has 1 aliphatic heterocycles. The summed E-state index contributed by atoms with van der Waals surface area (Å²) < 4.78 is 5.10. The maximum Gasteiger partial charge on any atom is 0.0474 e. The fourth-order valence-electron chi connectivity index (χ4n) is 2.86. The molecule has 3 heteroatoms. The summed E-state index contributed by atoms with van der Waals surface area (Å²) in [4.78, 5) is 2.66. The van der Waals surface area contributed by atoms with E-state index in [1.54, 1.807) is 7.11 Å². The highest BCUT2D eigenvalue weighted by Crippen LogP contribution is 2.26. The maximum atomic E-state index is 5.10. The number of piperazine rings is 1. The Bertz CT molecular complexity index is 175. The van der Waals surface area contributed by atoms with E-state index in [0.717, 1.165) is 18.7 Å². The largest absolute Gasteiger partial charge is 0.385 e. The first kappa shape index (κ1) is 10.4. The van der Waals surface area contributed by atoms with Crippen LogP contribution in [0.4, 0.5) is 0 Å². The zero-order chi connectivity index (χ0) is 9.80. The predicted octanol–water partition coefficient (Wildman–Crippen LogP) is 0.849. The van der Waals surface area contributed by atoms with Crippen molar-refractivity contribution in [1.29, 1.82) is 0 Å². The van der Waals surface area contributed by atoms with Gasteiger partial charge in [-0.05, 0) is 19.3 Å². The van der Waals surface area contributed by atoms with Crippen LogP contribution in [0.5, 0.6) is 0 Å². The van der Waals surface area contributed by atoms with Crippen LogP contribution in [0.3, 0.4) is 0 Å². The summed E-state index contributed by atoms with van der Waals surface area (Å²) in [7, 11) is 1.79. The van der Waals surface area contributed by atoms with Gasteiger partial charge < -0.3 is 10.1 Å². The number of ether oxygens (including phenoxy) is 1. The van der Waals surface area contributed by atoms with Gasteiger partial charge in [0.2, 0.25) is 0 Å². The molecule has 14 heavy (non-hydrogen) atoms. The zero-order valence-electron chi connectivity index (χ0n) is 9.17. The first-order valence-corrected chi connectivity index (χ1v) is 5.88. The van der Waals surface area contributed by atoms with E-state index in [4.69, 9.17) is 4.74 Å². The number of nitrogens with one attached hydrogen (secondary N) is 1. The molecular formula is C11H22N2O. The van der Waals surface area contributed by atoms with Crippen LogP contribution in [0.25, 0.3) is 0 Å². The molecule has 82 valence electrons. The van der Waals surface area contributed by atoms with Gasteiger partial charge in [0.25, 0.3) is 0 Å². The molecule has 1 N–H and O–H groups in total. The Morgan fingerprint density at radius 2 is 2.36 bits per heavy atom. The molecule has 2 fully saturated rings. The molecule has 2 aliphatic rings. The lowest BCUT2D eigenvalue weighted by Crippen LogP contribution is -2.55. The Morgan fingerprint density at radius 3 is 3.21 bits per heavy atom. The standard InChI is InChI=1S/C11H22N2O/c1-14-9-3-7-13-8-6-12-10-4-2-5-11(10)13/h10-12H,2-9H2,1H3/t10-,11+/m1/s1. The quantitative estimate of drug-likeness (QED) is 0.678. The molecule has 2 atom stereocenters. The minimum absolute atomic E-state index is 0.784. The van der Waals surface area contributed by atoms with E-state index in [0.29, 0.717) is 0 Å². The maximum absolute atomic E-state index is 5.10. The third-order valence-corrected chi connectivity index (χ3v) is 3.55. The summed E-state index contributed by atoms with van der Waals surface area (Å²) in [6.07, 6.45) is 5.36. The number of hydrogen-bond donors (Lipinski definition) is 1. The minimum Gasteiger partial charge on any atom is -0.385 e. The lowest BCUT2D eigenvalue weighted by atomic mass is 10.1. The highest BCUT2D eigenvalue weighted by atomic mass is 16.5. The van der Waals surface area contributed by atoms with Crippen LogP contribution in [0, 0.1) is 0 Å². The molecule has 0 amide bonds. The van der Waals surface area contributed by atoms with Gasteiger partial charge in [-0.25, -0.2) is 0 Å². The monoisotopic (exact) mass is 198 g/mol. The van der Waals surface area contributed by atoms with Crippen LogP contribution < -0.4 is 5.32 Å². The van der Waals surface area contributed by atoms with Crippen molar-refractivity contribution in [2.45, 2.75) is 37.8 Å². The van der Waals surface area contributed by atoms with Gasteiger partial charge in [-0.1, -0.05) is 6.42 Å². The SMILES string of the molecule is COCCCN1CCN[C@@H]2CCC[C@@H]21. The summed E-state index contributed by atoms with van der Waals surface area (Å²) in [6, 6.07) is 1.60. The third kappa shape index (κ3) is 2.27. The number of fused-ring (bicyclic) bond motifs is 1. The molecular weight excluding hydrogens is 176 g/mol. The van der Waals surface area contributed by atoms with Crippen molar-refractivity contribution >= 4 is 0 Å². The number of rotatable bonds is 4. The van der Waals surface area contributed by atoms with Crippen molar-refractivity contribution in [2.75, 3.05) is 33.4 Å². The molecule has 0 unspecified atom stereocenters. The summed E-state index contributed by atoms with van der Waals surface area (Å²) in [5.74, 6) is 0. The Balaban J connectivity index is 1.78. The van der Waals surface area contributed by atoms with E-state index < -0.39 is 0 Å². The topological polar surface area (TPSA) is 24.5 Å². The molecule has 0 spiro atoms. The fraction of sp³-hybridized carbons (Fsp3) is 1.00. The van der Waals surface area contributed by atoms with E-state index in [-0.39, 0.29) is 0 Å². The number of nitrogens with zero attached hydrogens (tertiary/aromatic N) is 1. The van der Waals surface area contributed by atoms with Gasteiger partial charge in [0.05, 0.1) is 0 Å². The lowest BCUT2D eigenvalue weighted by Gasteiger charge is -2.38. The Hall–Kier alpha value is -0.120. The molecule has 0 bridgehead atoms. The van der Waals surface area contributed by atoms with Gasteiger partial charge in [0, 0.05) is 45.4 Å². The van der Waals surface area contributed by atoms with Crippen LogP contribution in [-0.4, -0.2) is 50.3 Å². The Labute approximate surface area is 86.8 Å². The van der Waals surface area contributed by atoms with E-state index in [2.05, 4.69) is 10.2 Å². The number of methoxy groups -OCH3 is 1.